The maximum Gasteiger partial charge on any atom is 0.125 e. The molecular formula is C16H25NO3. The van der Waals surface area contributed by atoms with Gasteiger partial charge in [-0.3, -0.25) is 4.90 Å². The average Bonchev–Trinajstić information content (AvgIpc) is 2.44. The molecule has 1 heterocycles. The van der Waals surface area contributed by atoms with E-state index >= 15 is 0 Å². The third kappa shape index (κ3) is 3.95. The lowest BCUT2D eigenvalue weighted by molar-refractivity contribution is 0.00454. The van der Waals surface area contributed by atoms with Crippen LogP contribution in [0.3, 0.4) is 0 Å². The van der Waals surface area contributed by atoms with Crippen molar-refractivity contribution in [3.05, 3.63) is 28.8 Å². The van der Waals surface area contributed by atoms with Crippen LogP contribution in [-0.4, -0.2) is 55.6 Å². The van der Waals surface area contributed by atoms with E-state index in [1.807, 2.05) is 6.92 Å². The Hall–Kier alpha value is -1.10. The van der Waals surface area contributed by atoms with Gasteiger partial charge in [0.15, 0.2) is 0 Å². The first-order valence-corrected chi connectivity index (χ1v) is 7.25. The van der Waals surface area contributed by atoms with Crippen LogP contribution in [0.15, 0.2) is 12.1 Å². The number of β-amino-alcohol motifs (C(OH)–C–C–N with tert-alkyl or cyclic N) is 1. The summed E-state index contributed by atoms with van der Waals surface area (Å²) < 4.78 is 11.1. The fraction of sp³-hybridized carbons (Fsp3) is 0.625. The summed E-state index contributed by atoms with van der Waals surface area (Å²) in [7, 11) is 0. The number of aliphatic hydroxyl groups excluding tert-OH is 1. The monoisotopic (exact) mass is 279 g/mol. The zero-order valence-electron chi connectivity index (χ0n) is 12.7. The van der Waals surface area contributed by atoms with Gasteiger partial charge in [0.1, 0.15) is 18.5 Å². The molecule has 1 aromatic carbocycles. The van der Waals surface area contributed by atoms with Crippen LogP contribution in [-0.2, 0) is 4.74 Å². The third-order valence-electron chi connectivity index (χ3n) is 3.87. The van der Waals surface area contributed by atoms with Gasteiger partial charge in [-0.25, -0.2) is 0 Å². The molecule has 2 rings (SSSR count). The van der Waals surface area contributed by atoms with Crippen molar-refractivity contribution in [1.82, 2.24) is 4.90 Å². The first kappa shape index (κ1) is 15.3. The van der Waals surface area contributed by atoms with Gasteiger partial charge < -0.3 is 14.6 Å². The van der Waals surface area contributed by atoms with Crippen molar-refractivity contribution in [2.24, 2.45) is 0 Å². The summed E-state index contributed by atoms with van der Waals surface area (Å²) >= 11 is 0. The van der Waals surface area contributed by atoms with Crippen molar-refractivity contribution in [2.75, 3.05) is 39.5 Å². The zero-order chi connectivity index (χ0) is 14.5. The van der Waals surface area contributed by atoms with Crippen molar-refractivity contribution in [3.8, 4) is 5.75 Å². The van der Waals surface area contributed by atoms with Gasteiger partial charge in [0, 0.05) is 19.6 Å². The van der Waals surface area contributed by atoms with Gasteiger partial charge in [-0.15, -0.1) is 0 Å². The van der Waals surface area contributed by atoms with Crippen molar-refractivity contribution in [3.63, 3.8) is 0 Å². The fourth-order valence-electron chi connectivity index (χ4n) is 2.46. The lowest BCUT2D eigenvalue weighted by Crippen LogP contribution is -2.42. The second-order valence-corrected chi connectivity index (χ2v) is 5.53. The van der Waals surface area contributed by atoms with Crippen LogP contribution < -0.4 is 4.74 Å². The molecule has 0 bridgehead atoms. The molecule has 1 N–H and O–H groups in total. The summed E-state index contributed by atoms with van der Waals surface area (Å²) in [5, 5.41) is 10.1. The molecule has 1 aromatic rings. The maximum atomic E-state index is 10.1. The summed E-state index contributed by atoms with van der Waals surface area (Å²) in [6.07, 6.45) is -0.465. The van der Waals surface area contributed by atoms with Crippen LogP contribution >= 0.6 is 0 Å². The van der Waals surface area contributed by atoms with Crippen LogP contribution in [0, 0.1) is 20.8 Å². The first-order chi connectivity index (χ1) is 9.58. The highest BCUT2D eigenvalue weighted by Gasteiger charge is 2.16. The highest BCUT2D eigenvalue weighted by Crippen LogP contribution is 2.25. The molecule has 20 heavy (non-hydrogen) atoms. The van der Waals surface area contributed by atoms with Crippen LogP contribution in [0.4, 0.5) is 0 Å². The third-order valence-corrected chi connectivity index (χ3v) is 3.87. The van der Waals surface area contributed by atoms with E-state index in [1.54, 1.807) is 0 Å². The van der Waals surface area contributed by atoms with Crippen LogP contribution in [0.2, 0.25) is 0 Å². The van der Waals surface area contributed by atoms with Gasteiger partial charge in [0.25, 0.3) is 0 Å². The quantitative estimate of drug-likeness (QED) is 0.890. The summed E-state index contributed by atoms with van der Waals surface area (Å²) in [4.78, 5) is 2.22. The minimum Gasteiger partial charge on any atom is -0.490 e. The summed E-state index contributed by atoms with van der Waals surface area (Å²) in [6.45, 7) is 10.4. The van der Waals surface area contributed by atoms with Gasteiger partial charge in [-0.2, -0.15) is 0 Å². The second kappa shape index (κ2) is 7.07. The van der Waals surface area contributed by atoms with Crippen molar-refractivity contribution < 1.29 is 14.6 Å². The number of aliphatic hydroxyl groups is 1. The Morgan fingerprint density at radius 3 is 2.55 bits per heavy atom. The average molecular weight is 279 g/mol. The van der Waals surface area contributed by atoms with E-state index in [2.05, 4.69) is 30.9 Å². The number of rotatable bonds is 5. The topological polar surface area (TPSA) is 41.9 Å². The molecule has 112 valence electrons. The molecule has 1 aliphatic rings. The molecule has 0 aromatic heterocycles. The van der Waals surface area contributed by atoms with E-state index in [1.165, 1.54) is 5.56 Å². The van der Waals surface area contributed by atoms with Gasteiger partial charge in [0.2, 0.25) is 0 Å². The lowest BCUT2D eigenvalue weighted by atomic mass is 10.1. The Labute approximate surface area is 121 Å². The number of hydrogen-bond acceptors (Lipinski definition) is 4. The molecule has 1 aliphatic heterocycles. The Morgan fingerprint density at radius 2 is 1.85 bits per heavy atom. The summed E-state index contributed by atoms with van der Waals surface area (Å²) in [5.74, 6) is 0.908. The number of nitrogens with zero attached hydrogens (tertiary/aromatic N) is 1. The molecule has 0 saturated carbocycles. The Kier molecular flexibility index (Phi) is 5.40. The highest BCUT2D eigenvalue weighted by atomic mass is 16.5. The Balaban J connectivity index is 1.86. The Morgan fingerprint density at radius 1 is 1.20 bits per heavy atom. The SMILES string of the molecule is Cc1ccc(C)c(OC[C@@H](O)CN2CCOCC2)c1C. The molecule has 0 radical (unpaired) electrons. The molecule has 1 saturated heterocycles. The van der Waals surface area contributed by atoms with Crippen molar-refractivity contribution in [2.45, 2.75) is 26.9 Å². The number of hydrogen-bond donors (Lipinski definition) is 1. The van der Waals surface area contributed by atoms with Crippen LogP contribution in [0.1, 0.15) is 16.7 Å². The number of aryl methyl sites for hydroxylation is 2. The van der Waals surface area contributed by atoms with E-state index in [9.17, 15) is 5.11 Å². The van der Waals surface area contributed by atoms with E-state index in [0.717, 1.165) is 43.2 Å². The predicted molar refractivity (Wildman–Crippen MR) is 79.4 cm³/mol. The largest absolute Gasteiger partial charge is 0.490 e. The molecule has 0 aliphatic carbocycles. The second-order valence-electron chi connectivity index (χ2n) is 5.53. The highest BCUT2D eigenvalue weighted by molar-refractivity contribution is 5.44. The minimum absolute atomic E-state index is 0.336. The van der Waals surface area contributed by atoms with E-state index in [-0.39, 0.29) is 0 Å². The Bertz CT molecular complexity index is 442. The van der Waals surface area contributed by atoms with Gasteiger partial charge in [-0.1, -0.05) is 12.1 Å². The lowest BCUT2D eigenvalue weighted by Gasteiger charge is -2.28. The van der Waals surface area contributed by atoms with Gasteiger partial charge in [0.05, 0.1) is 13.2 Å². The fourth-order valence-corrected chi connectivity index (χ4v) is 2.46. The number of benzene rings is 1. The molecule has 1 fully saturated rings. The molecule has 0 unspecified atom stereocenters. The van der Waals surface area contributed by atoms with E-state index < -0.39 is 6.10 Å². The molecular weight excluding hydrogens is 254 g/mol. The van der Waals surface area contributed by atoms with Crippen molar-refractivity contribution in [1.29, 1.82) is 0 Å². The van der Waals surface area contributed by atoms with Gasteiger partial charge in [-0.05, 0) is 37.5 Å². The number of ether oxygens (including phenoxy) is 2. The predicted octanol–water partition coefficient (Wildman–Crippen LogP) is 1.68. The molecule has 0 spiro atoms. The van der Waals surface area contributed by atoms with Crippen LogP contribution in [0.25, 0.3) is 0 Å². The maximum absolute atomic E-state index is 10.1. The normalized spacial score (nSPS) is 18.0. The number of morpholine rings is 1. The standard InChI is InChI=1S/C16H25NO3/c1-12-4-5-13(2)16(14(12)3)20-11-15(18)10-17-6-8-19-9-7-17/h4-5,15,18H,6-11H2,1-3H3/t15-/m0/s1. The van der Waals surface area contributed by atoms with Gasteiger partial charge >= 0.3 is 0 Å². The first-order valence-electron chi connectivity index (χ1n) is 7.25. The molecule has 0 amide bonds. The summed E-state index contributed by atoms with van der Waals surface area (Å²) in [6, 6.07) is 4.16. The molecule has 1 atom stereocenters. The molecule has 4 nitrogen and oxygen atoms in total. The molecule has 4 heteroatoms. The van der Waals surface area contributed by atoms with Crippen molar-refractivity contribution >= 4 is 0 Å². The van der Waals surface area contributed by atoms with E-state index in [4.69, 9.17) is 9.47 Å². The zero-order valence-corrected chi connectivity index (χ0v) is 12.7. The van der Waals surface area contributed by atoms with Crippen LogP contribution in [0.5, 0.6) is 5.75 Å². The smallest absolute Gasteiger partial charge is 0.125 e. The minimum atomic E-state index is -0.465. The van der Waals surface area contributed by atoms with E-state index in [0.29, 0.717) is 13.2 Å². The summed E-state index contributed by atoms with van der Waals surface area (Å²) in [5.41, 5.74) is 3.49.